The van der Waals surface area contributed by atoms with Crippen LogP contribution in [0.5, 0.6) is 0 Å². The first kappa shape index (κ1) is 25.0. The molecule has 2 unspecified atom stereocenters. The number of benzene rings is 2. The van der Waals surface area contributed by atoms with Crippen molar-refractivity contribution in [3.05, 3.63) is 59.7 Å². The van der Waals surface area contributed by atoms with E-state index in [1.165, 1.54) is 0 Å². The van der Waals surface area contributed by atoms with E-state index in [1.54, 1.807) is 0 Å². The zero-order valence-corrected chi connectivity index (χ0v) is 19.7. The van der Waals surface area contributed by atoms with E-state index >= 15 is 0 Å². The summed E-state index contributed by atoms with van der Waals surface area (Å²) in [4.78, 5) is 28.6. The number of anilines is 2. The molecule has 4 rings (SSSR count). The minimum Gasteiger partial charge on any atom is -0.478 e. The average molecular weight is 485 g/mol. The molecule has 9 heteroatoms. The Hall–Kier alpha value is -3.14. The molecule has 0 bridgehead atoms. The van der Waals surface area contributed by atoms with E-state index in [0.717, 1.165) is 48.7 Å². The number of ether oxygens (including phenoxy) is 3. The summed E-state index contributed by atoms with van der Waals surface area (Å²) in [5, 5.41) is 19.9. The minimum absolute atomic E-state index is 0.0193. The van der Waals surface area contributed by atoms with Gasteiger partial charge in [0.25, 0.3) is 0 Å². The fraction of sp³-hybridized carbons (Fsp3) is 0.462. The molecule has 2 aromatic rings. The van der Waals surface area contributed by atoms with E-state index in [-0.39, 0.29) is 12.8 Å². The topological polar surface area (TPSA) is 109 Å². The summed E-state index contributed by atoms with van der Waals surface area (Å²) in [6, 6.07) is 15.1. The zero-order chi connectivity index (χ0) is 24.6. The number of nitrogens with zero attached hydrogens (tertiary/aromatic N) is 2. The van der Waals surface area contributed by atoms with Crippen molar-refractivity contribution < 1.29 is 34.0 Å². The summed E-state index contributed by atoms with van der Waals surface area (Å²) < 4.78 is 15.9. The molecule has 2 aromatic carbocycles. The molecular weight excluding hydrogens is 452 g/mol. The number of rotatable bonds is 9. The lowest BCUT2D eigenvalue weighted by atomic mass is 10.1. The standard InChI is InChI=1S/C26H32N2O7/c29-23(17-19-1-5-21(6-2-19)27-9-13-33-14-10-27)26(32)35-24(25(30)31)18-20-3-7-22(8-4-20)28-11-15-34-16-12-28/h1-8,23-24,29H,9-18H2,(H,30,31). The van der Waals surface area contributed by atoms with Crippen molar-refractivity contribution in [1.82, 2.24) is 0 Å². The van der Waals surface area contributed by atoms with Gasteiger partial charge in [-0.05, 0) is 35.4 Å². The molecule has 9 nitrogen and oxygen atoms in total. The number of carboxylic acids is 1. The van der Waals surface area contributed by atoms with E-state index in [9.17, 15) is 19.8 Å². The van der Waals surface area contributed by atoms with Gasteiger partial charge in [-0.15, -0.1) is 0 Å². The molecule has 2 heterocycles. The Morgan fingerprint density at radius 1 is 0.771 bits per heavy atom. The Balaban J connectivity index is 1.30. The molecule has 0 spiro atoms. The van der Waals surface area contributed by atoms with Crippen molar-refractivity contribution in [2.45, 2.75) is 25.0 Å². The Bertz CT molecular complexity index is 968. The third-order valence-electron chi connectivity index (χ3n) is 6.28. The highest BCUT2D eigenvalue weighted by molar-refractivity contribution is 5.80. The molecule has 0 radical (unpaired) electrons. The number of aliphatic carboxylic acids is 1. The Kier molecular flexibility index (Phi) is 8.57. The lowest BCUT2D eigenvalue weighted by molar-refractivity contribution is -0.170. The molecule has 2 fully saturated rings. The van der Waals surface area contributed by atoms with Crippen molar-refractivity contribution in [2.24, 2.45) is 0 Å². The molecule has 2 atom stereocenters. The number of esters is 1. The first-order valence-electron chi connectivity index (χ1n) is 11.9. The number of hydrogen-bond donors (Lipinski definition) is 2. The van der Waals surface area contributed by atoms with Crippen molar-refractivity contribution in [3.63, 3.8) is 0 Å². The molecule has 0 aromatic heterocycles. The number of carbonyl (C=O) groups excluding carboxylic acids is 1. The fourth-order valence-electron chi connectivity index (χ4n) is 4.25. The minimum atomic E-state index is -1.45. The Morgan fingerprint density at radius 2 is 1.20 bits per heavy atom. The number of aliphatic hydroxyl groups excluding tert-OH is 1. The third-order valence-corrected chi connectivity index (χ3v) is 6.28. The number of hydrogen-bond acceptors (Lipinski definition) is 8. The Labute approximate surface area is 204 Å². The van der Waals surface area contributed by atoms with Gasteiger partial charge in [0.15, 0.2) is 6.10 Å². The van der Waals surface area contributed by atoms with E-state index in [4.69, 9.17) is 14.2 Å². The van der Waals surface area contributed by atoms with Gasteiger partial charge in [-0.1, -0.05) is 24.3 Å². The highest BCUT2D eigenvalue weighted by atomic mass is 16.6. The summed E-state index contributed by atoms with van der Waals surface area (Å²) in [7, 11) is 0. The second-order valence-corrected chi connectivity index (χ2v) is 8.72. The lowest BCUT2D eigenvalue weighted by Gasteiger charge is -2.29. The van der Waals surface area contributed by atoms with Crippen molar-refractivity contribution in [3.8, 4) is 0 Å². The van der Waals surface area contributed by atoms with Crippen LogP contribution < -0.4 is 9.80 Å². The van der Waals surface area contributed by atoms with E-state index in [2.05, 4.69) is 9.80 Å². The largest absolute Gasteiger partial charge is 0.478 e. The molecule has 2 N–H and O–H groups in total. The van der Waals surface area contributed by atoms with Crippen LogP contribution in [-0.4, -0.2) is 87.0 Å². The van der Waals surface area contributed by atoms with Crippen molar-refractivity contribution >= 4 is 23.3 Å². The fourth-order valence-corrected chi connectivity index (χ4v) is 4.25. The van der Waals surface area contributed by atoms with Crippen LogP contribution in [0.1, 0.15) is 11.1 Å². The van der Waals surface area contributed by atoms with E-state index < -0.39 is 24.1 Å². The van der Waals surface area contributed by atoms with Crippen LogP contribution in [0.25, 0.3) is 0 Å². The van der Waals surface area contributed by atoms with Gasteiger partial charge >= 0.3 is 11.9 Å². The molecule has 0 saturated carbocycles. The highest BCUT2D eigenvalue weighted by Crippen LogP contribution is 2.20. The van der Waals surface area contributed by atoms with Crippen LogP contribution in [0.2, 0.25) is 0 Å². The van der Waals surface area contributed by atoms with Crippen LogP contribution >= 0.6 is 0 Å². The predicted molar refractivity (Wildman–Crippen MR) is 130 cm³/mol. The van der Waals surface area contributed by atoms with Crippen molar-refractivity contribution in [1.29, 1.82) is 0 Å². The van der Waals surface area contributed by atoms with Gasteiger partial charge in [0, 0.05) is 50.4 Å². The maximum Gasteiger partial charge on any atom is 0.345 e. The lowest BCUT2D eigenvalue weighted by Crippen LogP contribution is -2.36. The predicted octanol–water partition coefficient (Wildman–Crippen LogP) is 1.50. The Morgan fingerprint density at radius 3 is 1.63 bits per heavy atom. The summed E-state index contributed by atoms with van der Waals surface area (Å²) in [5.74, 6) is -2.20. The van der Waals surface area contributed by atoms with Gasteiger partial charge in [-0.2, -0.15) is 0 Å². The second kappa shape index (κ2) is 12.0. The van der Waals surface area contributed by atoms with Gasteiger partial charge in [0.05, 0.1) is 26.4 Å². The maximum absolute atomic E-state index is 12.5. The monoisotopic (exact) mass is 484 g/mol. The van der Waals surface area contributed by atoms with Crippen LogP contribution in [0.4, 0.5) is 11.4 Å². The zero-order valence-electron chi connectivity index (χ0n) is 19.7. The van der Waals surface area contributed by atoms with E-state index in [1.807, 2.05) is 48.5 Å². The normalized spacial score (nSPS) is 18.1. The van der Waals surface area contributed by atoms with Crippen LogP contribution in [0.15, 0.2) is 48.5 Å². The molecule has 0 aliphatic carbocycles. The summed E-state index contributed by atoms with van der Waals surface area (Å²) in [5.41, 5.74) is 3.59. The molecule has 2 aliphatic heterocycles. The first-order valence-corrected chi connectivity index (χ1v) is 11.9. The first-order chi connectivity index (χ1) is 17.0. The van der Waals surface area contributed by atoms with Gasteiger partial charge in [0.1, 0.15) is 0 Å². The summed E-state index contributed by atoms with van der Waals surface area (Å²) >= 11 is 0. The summed E-state index contributed by atoms with van der Waals surface area (Å²) in [6.45, 7) is 6.00. The van der Waals surface area contributed by atoms with Crippen molar-refractivity contribution in [2.75, 3.05) is 62.4 Å². The molecule has 188 valence electrons. The van der Waals surface area contributed by atoms with Gasteiger partial charge in [-0.3, -0.25) is 0 Å². The van der Waals surface area contributed by atoms with Crippen LogP contribution in [0, 0.1) is 0 Å². The molecule has 0 amide bonds. The highest BCUT2D eigenvalue weighted by Gasteiger charge is 2.27. The van der Waals surface area contributed by atoms with Gasteiger partial charge in [0.2, 0.25) is 6.10 Å². The average Bonchev–Trinajstić information content (AvgIpc) is 2.90. The number of carbonyl (C=O) groups is 2. The van der Waals surface area contributed by atoms with Gasteiger partial charge in [-0.25, -0.2) is 9.59 Å². The number of morpholine rings is 2. The number of aliphatic hydroxyl groups is 1. The molecule has 35 heavy (non-hydrogen) atoms. The molecule has 2 saturated heterocycles. The SMILES string of the molecule is O=C(OC(Cc1ccc(N2CCOCC2)cc1)C(=O)O)C(O)Cc1ccc(N2CCOCC2)cc1. The third kappa shape index (κ3) is 6.94. The van der Waals surface area contributed by atoms with E-state index in [0.29, 0.717) is 26.4 Å². The quantitative estimate of drug-likeness (QED) is 0.512. The van der Waals surface area contributed by atoms with Crippen LogP contribution in [0.3, 0.4) is 0 Å². The van der Waals surface area contributed by atoms with Gasteiger partial charge < -0.3 is 34.2 Å². The molecule has 2 aliphatic rings. The molecular formula is C26H32N2O7. The van der Waals surface area contributed by atoms with Crippen LogP contribution in [-0.2, 0) is 36.6 Å². The maximum atomic E-state index is 12.5. The number of carboxylic acid groups (broad SMARTS) is 1. The summed E-state index contributed by atoms with van der Waals surface area (Å²) in [6.07, 6.45) is -2.77. The second-order valence-electron chi connectivity index (χ2n) is 8.72. The smallest absolute Gasteiger partial charge is 0.345 e.